The van der Waals surface area contributed by atoms with Gasteiger partial charge < -0.3 is 24.8 Å². The minimum absolute atomic E-state index is 0.102. The highest BCUT2D eigenvalue weighted by Gasteiger charge is 2.51. The van der Waals surface area contributed by atoms with E-state index in [0.717, 1.165) is 56.6 Å². The van der Waals surface area contributed by atoms with Gasteiger partial charge in [-0.1, -0.05) is 11.3 Å². The topological polar surface area (TPSA) is 103 Å². The van der Waals surface area contributed by atoms with Crippen molar-refractivity contribution in [3.8, 4) is 11.5 Å². The molecule has 0 unspecified atom stereocenters. The van der Waals surface area contributed by atoms with Crippen LogP contribution in [0.4, 0.5) is 19.3 Å². The number of carbonyl (C=O) groups is 1. The fraction of sp³-hybridized carbons (Fsp3) is 0.483. The van der Waals surface area contributed by atoms with E-state index in [9.17, 15) is 13.6 Å². The van der Waals surface area contributed by atoms with Crippen molar-refractivity contribution in [2.45, 2.75) is 56.3 Å². The van der Waals surface area contributed by atoms with Crippen LogP contribution in [0.5, 0.6) is 11.5 Å². The van der Waals surface area contributed by atoms with E-state index in [1.807, 2.05) is 10.7 Å². The van der Waals surface area contributed by atoms with E-state index >= 15 is 0 Å². The van der Waals surface area contributed by atoms with E-state index in [4.69, 9.17) is 14.2 Å². The number of rotatable bonds is 10. The Morgan fingerprint density at radius 3 is 2.63 bits per heavy atom. The molecule has 1 aliphatic carbocycles. The van der Waals surface area contributed by atoms with Crippen molar-refractivity contribution >= 4 is 11.7 Å². The minimum atomic E-state index is -1.01. The first-order chi connectivity index (χ1) is 19.9. The Morgan fingerprint density at radius 1 is 1.05 bits per heavy atom. The zero-order valence-electron chi connectivity index (χ0n) is 23.5. The number of anilines is 1. The van der Waals surface area contributed by atoms with Gasteiger partial charge in [-0.3, -0.25) is 4.90 Å². The number of amides is 2. The lowest BCUT2D eigenvalue weighted by molar-refractivity contribution is 0.129. The zero-order chi connectivity index (χ0) is 29.0. The Balaban J connectivity index is 1.35. The van der Waals surface area contributed by atoms with Gasteiger partial charge in [0.05, 0.1) is 39.3 Å². The number of halogens is 2. The molecule has 3 atom stereocenters. The molecule has 3 aromatic rings. The Bertz CT molecular complexity index is 1370. The monoisotopic (exact) mass is 570 g/mol. The van der Waals surface area contributed by atoms with Crippen molar-refractivity contribution < 1.29 is 27.8 Å². The van der Waals surface area contributed by atoms with Gasteiger partial charge in [0.25, 0.3) is 0 Å². The molecule has 0 radical (unpaired) electrons. The van der Waals surface area contributed by atoms with Crippen LogP contribution in [0.2, 0.25) is 0 Å². The summed E-state index contributed by atoms with van der Waals surface area (Å²) in [6, 6.07) is 9.03. The number of benzene rings is 2. The largest absolute Gasteiger partial charge is 0.493 e. The lowest BCUT2D eigenvalue weighted by Crippen LogP contribution is -2.53. The molecular formula is C29H36F2N6O4. The number of urea groups is 1. The van der Waals surface area contributed by atoms with Crippen LogP contribution in [0, 0.1) is 11.6 Å². The van der Waals surface area contributed by atoms with Crippen LogP contribution in [0.15, 0.2) is 42.6 Å². The molecule has 0 bridgehead atoms. The van der Waals surface area contributed by atoms with Crippen molar-refractivity contribution in [1.29, 1.82) is 0 Å². The Kier molecular flexibility index (Phi) is 8.69. The molecule has 2 amide bonds. The Morgan fingerprint density at radius 2 is 1.88 bits per heavy atom. The third-order valence-electron chi connectivity index (χ3n) is 8.43. The van der Waals surface area contributed by atoms with E-state index in [-0.39, 0.29) is 23.2 Å². The molecule has 1 aromatic heterocycles. The summed E-state index contributed by atoms with van der Waals surface area (Å²) in [6.07, 6.45) is 5.03. The van der Waals surface area contributed by atoms with E-state index in [1.54, 1.807) is 27.5 Å². The fourth-order valence-corrected chi connectivity index (χ4v) is 6.40. The minimum Gasteiger partial charge on any atom is -0.493 e. The first kappa shape index (κ1) is 28.7. The van der Waals surface area contributed by atoms with Gasteiger partial charge in [-0.2, -0.15) is 0 Å². The predicted molar refractivity (Wildman–Crippen MR) is 148 cm³/mol. The summed E-state index contributed by atoms with van der Waals surface area (Å²) in [4.78, 5) is 15.3. The molecule has 10 nitrogen and oxygen atoms in total. The van der Waals surface area contributed by atoms with Gasteiger partial charge in [-0.25, -0.2) is 18.3 Å². The second-order valence-corrected chi connectivity index (χ2v) is 10.6. The Hall–Kier alpha value is -3.77. The number of nitrogens with zero attached hydrogens (tertiary/aromatic N) is 4. The van der Waals surface area contributed by atoms with Crippen LogP contribution in [0.3, 0.4) is 0 Å². The third-order valence-corrected chi connectivity index (χ3v) is 8.43. The maximum Gasteiger partial charge on any atom is 0.319 e. The SMILES string of the molecule is COCc1cnnn1CCN1CC[C@]2(c3ccc(OC)c(OC)c3)CC[C@@H](NC(=O)Nc3ccc(F)c(F)c3)C[C@H]12. The molecule has 2 aliphatic rings. The molecule has 1 aliphatic heterocycles. The number of hydrogen-bond acceptors (Lipinski definition) is 7. The molecule has 1 saturated carbocycles. The van der Waals surface area contributed by atoms with Crippen molar-refractivity contribution in [3.05, 3.63) is 65.5 Å². The van der Waals surface area contributed by atoms with Crippen LogP contribution in [0.1, 0.15) is 36.9 Å². The van der Waals surface area contributed by atoms with Gasteiger partial charge in [0, 0.05) is 42.9 Å². The molecule has 220 valence electrons. The highest BCUT2D eigenvalue weighted by Crippen LogP contribution is 2.50. The predicted octanol–water partition coefficient (Wildman–Crippen LogP) is 4.11. The maximum atomic E-state index is 13.6. The number of carbonyl (C=O) groups excluding carboxylic acids is 1. The number of ether oxygens (including phenoxy) is 3. The third kappa shape index (κ3) is 5.98. The van der Waals surface area contributed by atoms with E-state index < -0.39 is 17.7 Å². The summed E-state index contributed by atoms with van der Waals surface area (Å²) in [6.45, 7) is 2.74. The smallest absolute Gasteiger partial charge is 0.319 e. The second kappa shape index (κ2) is 12.4. The van der Waals surface area contributed by atoms with Crippen LogP contribution in [-0.4, -0.2) is 72.4 Å². The van der Waals surface area contributed by atoms with Gasteiger partial charge in [-0.05, 0) is 62.1 Å². The molecule has 5 rings (SSSR count). The Labute approximate surface area is 237 Å². The second-order valence-electron chi connectivity index (χ2n) is 10.6. The van der Waals surface area contributed by atoms with Crippen molar-refractivity contribution in [3.63, 3.8) is 0 Å². The van der Waals surface area contributed by atoms with Crippen LogP contribution in [-0.2, 0) is 23.3 Å². The van der Waals surface area contributed by atoms with Crippen LogP contribution < -0.4 is 20.1 Å². The van der Waals surface area contributed by atoms with Crippen LogP contribution in [0.25, 0.3) is 0 Å². The summed E-state index contributed by atoms with van der Waals surface area (Å²) in [5.74, 6) is -0.603. The van der Waals surface area contributed by atoms with Gasteiger partial charge in [0.2, 0.25) is 0 Å². The summed E-state index contributed by atoms with van der Waals surface area (Å²) in [7, 11) is 4.91. The summed E-state index contributed by atoms with van der Waals surface area (Å²) in [5.41, 5.74) is 2.16. The lowest BCUT2D eigenvalue weighted by atomic mass is 9.65. The van der Waals surface area contributed by atoms with E-state index in [0.29, 0.717) is 24.7 Å². The fourth-order valence-electron chi connectivity index (χ4n) is 6.40. The maximum absolute atomic E-state index is 13.6. The van der Waals surface area contributed by atoms with Crippen LogP contribution >= 0.6 is 0 Å². The average Bonchev–Trinajstić information content (AvgIpc) is 3.58. The molecule has 1 saturated heterocycles. The van der Waals surface area contributed by atoms with Gasteiger partial charge in [0.15, 0.2) is 23.1 Å². The molecule has 12 heteroatoms. The number of methoxy groups -OCH3 is 3. The number of likely N-dealkylation sites (tertiary alicyclic amines) is 1. The first-order valence-corrected chi connectivity index (χ1v) is 13.7. The number of aromatic nitrogens is 3. The molecule has 41 heavy (non-hydrogen) atoms. The van der Waals surface area contributed by atoms with Crippen molar-refractivity contribution in [2.24, 2.45) is 0 Å². The normalized spacial score (nSPS) is 22.3. The zero-order valence-corrected chi connectivity index (χ0v) is 23.5. The first-order valence-electron chi connectivity index (χ1n) is 13.7. The van der Waals surface area contributed by atoms with Gasteiger partial charge >= 0.3 is 6.03 Å². The molecule has 2 heterocycles. The molecule has 2 N–H and O–H groups in total. The molecular weight excluding hydrogens is 534 g/mol. The van der Waals surface area contributed by atoms with Crippen molar-refractivity contribution in [1.82, 2.24) is 25.2 Å². The standard InChI is InChI=1S/C29H36F2N6O4/c1-39-18-22-17-32-35-37(22)13-12-36-11-10-29(19-4-7-25(40-2)26(14-19)41-3)9-8-21(16-27(29)36)34-28(38)33-20-5-6-23(30)24(31)15-20/h4-7,14-15,17,21,27H,8-13,16,18H2,1-3H3,(H2,33,34,38)/t21-,27+,29+/m1/s1. The number of nitrogens with one attached hydrogen (secondary N) is 2. The lowest BCUT2D eigenvalue weighted by Gasteiger charge is -2.45. The summed E-state index contributed by atoms with van der Waals surface area (Å²) < 4.78 is 45.2. The van der Waals surface area contributed by atoms with Crippen molar-refractivity contribution in [2.75, 3.05) is 39.7 Å². The van der Waals surface area contributed by atoms with Gasteiger partial charge in [-0.15, -0.1) is 5.10 Å². The highest BCUT2D eigenvalue weighted by molar-refractivity contribution is 5.89. The van der Waals surface area contributed by atoms with Gasteiger partial charge in [0.1, 0.15) is 0 Å². The average molecular weight is 571 g/mol. The molecule has 2 aromatic carbocycles. The summed E-state index contributed by atoms with van der Waals surface area (Å²) >= 11 is 0. The number of fused-ring (bicyclic) bond motifs is 1. The molecule has 0 spiro atoms. The molecule has 2 fully saturated rings. The van der Waals surface area contributed by atoms with E-state index in [1.165, 1.54) is 11.6 Å². The highest BCUT2D eigenvalue weighted by atomic mass is 19.2. The number of hydrogen-bond donors (Lipinski definition) is 2. The quantitative estimate of drug-likeness (QED) is 0.378. The van der Waals surface area contributed by atoms with E-state index in [2.05, 4.69) is 38.0 Å². The summed E-state index contributed by atoms with van der Waals surface area (Å²) in [5, 5.41) is 14.0.